The first-order valence-electron chi connectivity index (χ1n) is 4.66. The summed E-state index contributed by atoms with van der Waals surface area (Å²) < 4.78 is 13.6. The number of carboxylic acid groups (broad SMARTS) is 1. The molecule has 84 valence electrons. The molecule has 1 fully saturated rings. The van der Waals surface area contributed by atoms with Crippen LogP contribution in [0.1, 0.15) is 18.4 Å². The van der Waals surface area contributed by atoms with Crippen molar-refractivity contribution in [3.8, 4) is 0 Å². The number of benzene rings is 1. The molecule has 1 aromatic rings. The normalized spacial score (nSPS) is 18.0. The summed E-state index contributed by atoms with van der Waals surface area (Å²) in [6.07, 6.45) is -0.304. The lowest BCUT2D eigenvalue weighted by Gasteiger charge is -2.36. The predicted octanol–water partition coefficient (Wildman–Crippen LogP) is 2.16. The molecule has 2 rings (SSSR count). The summed E-state index contributed by atoms with van der Waals surface area (Å²) in [5, 5.41) is 9.30. The first-order valence-corrected chi connectivity index (χ1v) is 5.04. The molecule has 0 aromatic heterocycles. The van der Waals surface area contributed by atoms with Gasteiger partial charge in [0, 0.05) is 23.4 Å². The molecule has 1 saturated carbocycles. The Hall–Kier alpha value is -1.42. The lowest BCUT2D eigenvalue weighted by molar-refractivity contribution is -0.153. The van der Waals surface area contributed by atoms with Gasteiger partial charge in [0.1, 0.15) is 17.0 Å². The molecule has 0 atom stereocenters. The van der Waals surface area contributed by atoms with Crippen LogP contribution in [0.25, 0.3) is 0 Å². The number of carbonyl (C=O) groups is 2. The Morgan fingerprint density at radius 1 is 1.44 bits per heavy atom. The number of hydrogen-bond donors (Lipinski definition) is 1. The molecule has 1 N–H and O–H groups in total. The number of carboxylic acids is 1. The monoisotopic (exact) mass is 242 g/mol. The van der Waals surface area contributed by atoms with Gasteiger partial charge in [0.05, 0.1) is 0 Å². The van der Waals surface area contributed by atoms with Crippen LogP contribution in [0.3, 0.4) is 0 Å². The highest BCUT2D eigenvalue weighted by Crippen LogP contribution is 2.43. The van der Waals surface area contributed by atoms with Crippen molar-refractivity contribution in [1.29, 1.82) is 0 Å². The number of halogens is 2. The van der Waals surface area contributed by atoms with Gasteiger partial charge in [-0.3, -0.25) is 9.59 Å². The first-order chi connectivity index (χ1) is 7.45. The van der Waals surface area contributed by atoms with Gasteiger partial charge in [-0.1, -0.05) is 17.7 Å². The summed E-state index contributed by atoms with van der Waals surface area (Å²) in [7, 11) is 0. The van der Waals surface area contributed by atoms with Gasteiger partial charge >= 0.3 is 5.97 Å². The van der Waals surface area contributed by atoms with Crippen molar-refractivity contribution in [1.82, 2.24) is 0 Å². The molecule has 0 heterocycles. The highest BCUT2D eigenvalue weighted by atomic mass is 35.5. The zero-order valence-corrected chi connectivity index (χ0v) is 8.92. The molecular weight excluding hydrogens is 235 g/mol. The molecule has 16 heavy (non-hydrogen) atoms. The van der Waals surface area contributed by atoms with E-state index < -0.39 is 17.2 Å². The third-order valence-electron chi connectivity index (χ3n) is 2.85. The maximum Gasteiger partial charge on any atom is 0.315 e. The van der Waals surface area contributed by atoms with Gasteiger partial charge in [-0.25, -0.2) is 4.39 Å². The molecular formula is C11H8ClFO3. The second kappa shape index (κ2) is 3.56. The van der Waals surface area contributed by atoms with Crippen molar-refractivity contribution in [2.45, 2.75) is 18.3 Å². The third kappa shape index (κ3) is 1.50. The summed E-state index contributed by atoms with van der Waals surface area (Å²) in [6, 6.07) is 3.82. The van der Waals surface area contributed by atoms with Gasteiger partial charge in [-0.05, 0) is 12.1 Å². The predicted molar refractivity (Wildman–Crippen MR) is 55.0 cm³/mol. The van der Waals surface area contributed by atoms with Gasteiger partial charge in [-0.2, -0.15) is 0 Å². The van der Waals surface area contributed by atoms with Crippen LogP contribution >= 0.6 is 11.6 Å². The lowest BCUT2D eigenvalue weighted by atomic mass is 9.63. The second-order valence-electron chi connectivity index (χ2n) is 3.90. The van der Waals surface area contributed by atoms with Gasteiger partial charge in [0.15, 0.2) is 0 Å². The fourth-order valence-electron chi connectivity index (χ4n) is 1.96. The molecule has 0 saturated heterocycles. The van der Waals surface area contributed by atoms with Crippen molar-refractivity contribution in [2.24, 2.45) is 0 Å². The van der Waals surface area contributed by atoms with E-state index in [1.165, 1.54) is 12.1 Å². The van der Waals surface area contributed by atoms with E-state index in [2.05, 4.69) is 0 Å². The van der Waals surface area contributed by atoms with E-state index in [4.69, 9.17) is 16.7 Å². The minimum Gasteiger partial charge on any atom is -0.481 e. The van der Waals surface area contributed by atoms with E-state index in [1.807, 2.05) is 0 Å². The summed E-state index contributed by atoms with van der Waals surface area (Å²) in [5.74, 6) is -2.02. The molecule has 0 aliphatic heterocycles. The molecule has 0 amide bonds. The average Bonchev–Trinajstić information content (AvgIpc) is 2.12. The number of aliphatic carboxylic acids is 1. The molecule has 5 heteroatoms. The van der Waals surface area contributed by atoms with E-state index >= 15 is 0 Å². The number of hydrogen-bond acceptors (Lipinski definition) is 2. The first kappa shape index (κ1) is 11.1. The minimum atomic E-state index is -1.40. The molecule has 1 aliphatic rings. The van der Waals surface area contributed by atoms with Crippen LogP contribution < -0.4 is 0 Å². The summed E-state index contributed by atoms with van der Waals surface area (Å²) in [4.78, 5) is 22.1. The van der Waals surface area contributed by atoms with Crippen molar-refractivity contribution in [3.05, 3.63) is 34.6 Å². The smallest absolute Gasteiger partial charge is 0.315 e. The van der Waals surface area contributed by atoms with E-state index in [9.17, 15) is 14.0 Å². The minimum absolute atomic E-state index is 0.0315. The second-order valence-corrected chi connectivity index (χ2v) is 4.34. The molecule has 1 aliphatic carbocycles. The highest BCUT2D eigenvalue weighted by Gasteiger charge is 2.52. The standard InChI is InChI=1S/C11H8ClFO3/c12-6-1-2-8(9(13)3-6)11(10(15)16)4-7(14)5-11/h1-3H,4-5H2,(H,15,16). The quantitative estimate of drug-likeness (QED) is 0.865. The van der Waals surface area contributed by atoms with Gasteiger partial charge in [0.25, 0.3) is 0 Å². The maximum atomic E-state index is 13.6. The van der Waals surface area contributed by atoms with Crippen LogP contribution in [0.15, 0.2) is 18.2 Å². The largest absolute Gasteiger partial charge is 0.481 e. The van der Waals surface area contributed by atoms with Gasteiger partial charge < -0.3 is 5.11 Å². The zero-order chi connectivity index (χ0) is 11.9. The molecule has 0 bridgehead atoms. The maximum absolute atomic E-state index is 13.6. The fourth-order valence-corrected chi connectivity index (χ4v) is 2.11. The number of Topliss-reactive ketones (excluding diaryl/α,β-unsaturated/α-hetero) is 1. The van der Waals surface area contributed by atoms with Crippen LogP contribution in [0.4, 0.5) is 4.39 Å². The summed E-state index contributed by atoms with van der Waals surface area (Å²) in [6.45, 7) is 0. The Balaban J connectivity index is 2.49. The molecule has 1 aromatic carbocycles. The summed E-state index contributed by atoms with van der Waals surface area (Å²) in [5.41, 5.74) is -1.37. The van der Waals surface area contributed by atoms with E-state index in [0.717, 1.165) is 6.07 Å². The topological polar surface area (TPSA) is 54.4 Å². The third-order valence-corrected chi connectivity index (χ3v) is 3.09. The van der Waals surface area contributed by atoms with Crippen LogP contribution in [-0.4, -0.2) is 16.9 Å². The molecule has 0 radical (unpaired) electrons. The van der Waals surface area contributed by atoms with Crippen LogP contribution in [0.2, 0.25) is 5.02 Å². The van der Waals surface area contributed by atoms with Crippen molar-refractivity contribution < 1.29 is 19.1 Å². The average molecular weight is 243 g/mol. The summed E-state index contributed by atoms with van der Waals surface area (Å²) >= 11 is 5.58. The zero-order valence-electron chi connectivity index (χ0n) is 8.17. The van der Waals surface area contributed by atoms with Crippen LogP contribution in [0.5, 0.6) is 0 Å². The fraction of sp³-hybridized carbons (Fsp3) is 0.273. The van der Waals surface area contributed by atoms with E-state index in [0.29, 0.717) is 0 Å². The number of ketones is 1. The molecule has 0 unspecified atom stereocenters. The molecule has 3 nitrogen and oxygen atoms in total. The lowest BCUT2D eigenvalue weighted by Crippen LogP contribution is -2.48. The Morgan fingerprint density at radius 2 is 2.06 bits per heavy atom. The van der Waals surface area contributed by atoms with Crippen molar-refractivity contribution in [3.63, 3.8) is 0 Å². The van der Waals surface area contributed by atoms with Crippen LogP contribution in [-0.2, 0) is 15.0 Å². The van der Waals surface area contributed by atoms with Gasteiger partial charge in [0.2, 0.25) is 0 Å². The van der Waals surface area contributed by atoms with E-state index in [-0.39, 0.29) is 29.2 Å². The number of carbonyl (C=O) groups excluding carboxylic acids is 1. The van der Waals surface area contributed by atoms with Crippen molar-refractivity contribution in [2.75, 3.05) is 0 Å². The highest BCUT2D eigenvalue weighted by molar-refractivity contribution is 6.30. The van der Waals surface area contributed by atoms with Crippen LogP contribution in [0, 0.1) is 5.82 Å². The van der Waals surface area contributed by atoms with Crippen molar-refractivity contribution >= 4 is 23.4 Å². The Morgan fingerprint density at radius 3 is 2.50 bits per heavy atom. The van der Waals surface area contributed by atoms with E-state index in [1.54, 1.807) is 0 Å². The SMILES string of the molecule is O=C1CC(C(=O)O)(c2ccc(Cl)cc2F)C1. The Labute approximate surface area is 95.8 Å². The molecule has 0 spiro atoms. The van der Waals surface area contributed by atoms with Gasteiger partial charge in [-0.15, -0.1) is 0 Å². The number of rotatable bonds is 2. The Bertz CT molecular complexity index is 476. The Kier molecular flexibility index (Phi) is 2.46.